The molecule has 0 unspecified atom stereocenters. The first kappa shape index (κ1) is 11.0. The van der Waals surface area contributed by atoms with Crippen LogP contribution in [0.4, 0.5) is 4.79 Å². The van der Waals surface area contributed by atoms with E-state index < -0.39 is 14.8 Å². The van der Waals surface area contributed by atoms with Crippen molar-refractivity contribution >= 4 is 37.0 Å². The van der Waals surface area contributed by atoms with E-state index in [-0.39, 0.29) is 13.2 Å². The molecule has 0 bridgehead atoms. The van der Waals surface area contributed by atoms with E-state index in [1.54, 1.807) is 0 Å². The second kappa shape index (κ2) is 4.76. The first-order valence-corrected chi connectivity index (χ1v) is 4.94. The lowest BCUT2D eigenvalue weighted by Crippen LogP contribution is -2.07. The Kier molecular flexibility index (Phi) is 4.74. The standard InChI is InChI=1S/C3H4Cl2O5S/c4-3(6)9-1-2-10-11(5,7)8/h1-2H2. The molecule has 0 spiro atoms. The monoisotopic (exact) mass is 222 g/mol. The molecule has 0 heterocycles. The van der Waals surface area contributed by atoms with Crippen molar-refractivity contribution < 1.29 is 22.1 Å². The van der Waals surface area contributed by atoms with Crippen LogP contribution in [0.2, 0.25) is 0 Å². The van der Waals surface area contributed by atoms with Crippen LogP contribution in [0, 0.1) is 0 Å². The molecule has 0 N–H and O–H groups in total. The van der Waals surface area contributed by atoms with E-state index in [9.17, 15) is 13.2 Å². The van der Waals surface area contributed by atoms with Gasteiger partial charge in [-0.25, -0.2) is 4.79 Å². The first-order chi connectivity index (χ1) is 4.92. The van der Waals surface area contributed by atoms with Crippen LogP contribution in [0.25, 0.3) is 0 Å². The molecule has 0 radical (unpaired) electrons. The van der Waals surface area contributed by atoms with Gasteiger partial charge in [-0.1, -0.05) is 0 Å². The molecule has 0 aliphatic rings. The molecular formula is C3H4Cl2O5S. The Balaban J connectivity index is 3.37. The average Bonchev–Trinajstić information content (AvgIpc) is 1.78. The highest BCUT2D eigenvalue weighted by atomic mass is 35.7. The van der Waals surface area contributed by atoms with Crippen molar-refractivity contribution in [1.82, 2.24) is 0 Å². The molecule has 0 aliphatic heterocycles. The van der Waals surface area contributed by atoms with Crippen molar-refractivity contribution in [3.05, 3.63) is 0 Å². The van der Waals surface area contributed by atoms with Crippen LogP contribution in [-0.2, 0) is 18.3 Å². The van der Waals surface area contributed by atoms with E-state index in [1.807, 2.05) is 0 Å². The number of ether oxygens (including phenoxy) is 1. The Morgan fingerprint density at radius 2 is 1.91 bits per heavy atom. The third-order valence-corrected chi connectivity index (χ3v) is 1.35. The largest absolute Gasteiger partial charge is 0.451 e. The predicted molar refractivity (Wildman–Crippen MR) is 37.9 cm³/mol. The number of halogens is 2. The van der Waals surface area contributed by atoms with Crippen LogP contribution in [0.5, 0.6) is 0 Å². The number of hydrogen-bond donors (Lipinski definition) is 0. The average molecular weight is 223 g/mol. The van der Waals surface area contributed by atoms with E-state index >= 15 is 0 Å². The summed E-state index contributed by atoms with van der Waals surface area (Å²) in [4.78, 5) is 9.87. The summed E-state index contributed by atoms with van der Waals surface area (Å²) < 4.78 is 28.2. The summed E-state index contributed by atoms with van der Waals surface area (Å²) in [6, 6.07) is 0. The Hall–Kier alpha value is -0.0400. The maximum absolute atomic E-state index is 10.0. The lowest BCUT2D eigenvalue weighted by Gasteiger charge is -1.98. The van der Waals surface area contributed by atoms with Crippen molar-refractivity contribution in [2.75, 3.05) is 13.2 Å². The Morgan fingerprint density at radius 3 is 2.27 bits per heavy atom. The minimum absolute atomic E-state index is 0.256. The molecule has 0 amide bonds. The highest BCUT2D eigenvalue weighted by molar-refractivity contribution is 8.09. The molecule has 0 saturated carbocycles. The van der Waals surface area contributed by atoms with Gasteiger partial charge < -0.3 is 4.74 Å². The second-order valence-corrected chi connectivity index (χ2v) is 3.77. The van der Waals surface area contributed by atoms with E-state index in [1.165, 1.54) is 0 Å². The Morgan fingerprint density at radius 1 is 1.36 bits per heavy atom. The van der Waals surface area contributed by atoms with Crippen LogP contribution in [0.1, 0.15) is 0 Å². The highest BCUT2D eigenvalue weighted by Crippen LogP contribution is 1.97. The number of rotatable bonds is 4. The second-order valence-electron chi connectivity index (χ2n) is 1.30. The van der Waals surface area contributed by atoms with Gasteiger partial charge in [-0.15, -0.1) is 0 Å². The Labute approximate surface area is 72.8 Å². The zero-order chi connectivity index (χ0) is 8.91. The van der Waals surface area contributed by atoms with E-state index in [0.717, 1.165) is 0 Å². The van der Waals surface area contributed by atoms with E-state index in [0.29, 0.717) is 0 Å². The molecule has 0 fully saturated rings. The molecule has 66 valence electrons. The molecule has 0 aliphatic carbocycles. The van der Waals surface area contributed by atoms with Crippen molar-refractivity contribution in [3.8, 4) is 0 Å². The normalized spacial score (nSPS) is 11.1. The summed E-state index contributed by atoms with van der Waals surface area (Å²) >= 11 is 4.73. The summed E-state index contributed by atoms with van der Waals surface area (Å²) in [5, 5.41) is 0. The van der Waals surface area contributed by atoms with Gasteiger partial charge in [0, 0.05) is 22.3 Å². The van der Waals surface area contributed by atoms with Crippen molar-refractivity contribution in [2.24, 2.45) is 0 Å². The van der Waals surface area contributed by atoms with Crippen LogP contribution in [0.3, 0.4) is 0 Å². The van der Waals surface area contributed by atoms with Gasteiger partial charge in [0.2, 0.25) is 0 Å². The van der Waals surface area contributed by atoms with Crippen molar-refractivity contribution in [1.29, 1.82) is 0 Å². The highest BCUT2D eigenvalue weighted by Gasteiger charge is 2.04. The fourth-order valence-corrected chi connectivity index (χ4v) is 0.789. The molecule has 0 atom stereocenters. The molecule has 0 aromatic carbocycles. The fourth-order valence-electron chi connectivity index (χ4n) is 0.255. The molecule has 8 heteroatoms. The minimum atomic E-state index is -3.98. The molecular weight excluding hydrogens is 219 g/mol. The maximum atomic E-state index is 10.0. The summed E-state index contributed by atoms with van der Waals surface area (Å²) in [5.74, 6) is 0. The quantitative estimate of drug-likeness (QED) is 0.522. The van der Waals surface area contributed by atoms with Crippen molar-refractivity contribution in [3.63, 3.8) is 0 Å². The van der Waals surface area contributed by atoms with Crippen LogP contribution in [0.15, 0.2) is 0 Å². The lowest BCUT2D eigenvalue weighted by molar-refractivity contribution is 0.150. The maximum Gasteiger partial charge on any atom is 0.403 e. The fraction of sp³-hybridized carbons (Fsp3) is 0.667. The summed E-state index contributed by atoms with van der Waals surface area (Å²) in [6.07, 6.45) is 0. The summed E-state index contributed by atoms with van der Waals surface area (Å²) in [6.45, 7) is -0.599. The molecule has 0 aromatic rings. The van der Waals surface area contributed by atoms with Gasteiger partial charge in [-0.05, 0) is 0 Å². The van der Waals surface area contributed by atoms with Crippen LogP contribution < -0.4 is 0 Å². The molecule has 0 rings (SSSR count). The lowest BCUT2D eigenvalue weighted by atomic mass is 10.8. The number of hydrogen-bond acceptors (Lipinski definition) is 5. The zero-order valence-corrected chi connectivity index (χ0v) is 7.45. The molecule has 11 heavy (non-hydrogen) atoms. The summed E-state index contributed by atoms with van der Waals surface area (Å²) in [5.41, 5.74) is -1.03. The minimum Gasteiger partial charge on any atom is -0.451 e. The smallest absolute Gasteiger partial charge is 0.403 e. The van der Waals surface area contributed by atoms with Gasteiger partial charge in [-0.3, -0.25) is 4.18 Å². The van der Waals surface area contributed by atoms with Gasteiger partial charge in [0.25, 0.3) is 0 Å². The van der Waals surface area contributed by atoms with Gasteiger partial charge >= 0.3 is 14.8 Å². The third-order valence-electron chi connectivity index (χ3n) is 0.523. The molecule has 0 saturated heterocycles. The van der Waals surface area contributed by atoms with Crippen LogP contribution in [-0.4, -0.2) is 27.1 Å². The van der Waals surface area contributed by atoms with Gasteiger partial charge in [0.15, 0.2) is 0 Å². The predicted octanol–water partition coefficient (Wildman–Crippen LogP) is 0.862. The van der Waals surface area contributed by atoms with E-state index in [4.69, 9.17) is 11.6 Å². The zero-order valence-electron chi connectivity index (χ0n) is 5.12. The van der Waals surface area contributed by atoms with Gasteiger partial charge in [-0.2, -0.15) is 8.42 Å². The SMILES string of the molecule is O=C(Cl)OCCOS(=O)(=O)Cl. The van der Waals surface area contributed by atoms with Crippen LogP contribution >= 0.6 is 22.3 Å². The summed E-state index contributed by atoms with van der Waals surface area (Å²) in [7, 11) is 0.641. The van der Waals surface area contributed by atoms with Crippen molar-refractivity contribution in [2.45, 2.75) is 0 Å². The number of carbonyl (C=O) groups is 1. The Bertz CT molecular complexity index is 222. The topological polar surface area (TPSA) is 69.7 Å². The number of carbonyl (C=O) groups excluding carboxylic acids is 1. The molecule has 0 aromatic heterocycles. The van der Waals surface area contributed by atoms with Gasteiger partial charge in [0.1, 0.15) is 13.2 Å². The first-order valence-electron chi connectivity index (χ1n) is 2.33. The van der Waals surface area contributed by atoms with Gasteiger partial charge in [0.05, 0.1) is 0 Å². The van der Waals surface area contributed by atoms with E-state index in [2.05, 4.69) is 19.6 Å². The third kappa shape index (κ3) is 9.96. The molecule has 5 nitrogen and oxygen atoms in total.